The summed E-state index contributed by atoms with van der Waals surface area (Å²) in [5.41, 5.74) is 1.02. The van der Waals surface area contributed by atoms with E-state index in [2.05, 4.69) is 0 Å². The average Bonchev–Trinajstić information content (AvgIpc) is 3.32. The first kappa shape index (κ1) is 18.3. The van der Waals surface area contributed by atoms with Crippen LogP contribution in [0.15, 0.2) is 77.4 Å². The third-order valence-electron chi connectivity index (χ3n) is 4.52. The fraction of sp³-hybridized carbons (Fsp3) is 0.0476. The van der Waals surface area contributed by atoms with Gasteiger partial charge in [0.2, 0.25) is 5.78 Å². The van der Waals surface area contributed by atoms with Crippen LogP contribution in [0.25, 0.3) is 0 Å². The number of anilines is 1. The average molecular weight is 412 g/mol. The molecule has 2 heterocycles. The van der Waals surface area contributed by atoms with Crippen LogP contribution in [0, 0.1) is 0 Å². The van der Waals surface area contributed by atoms with Gasteiger partial charge in [-0.25, -0.2) is 0 Å². The minimum absolute atomic E-state index is 0.0157. The third-order valence-corrected chi connectivity index (χ3v) is 5.69. The van der Waals surface area contributed by atoms with Crippen LogP contribution >= 0.6 is 22.9 Å². The van der Waals surface area contributed by atoms with Crippen LogP contribution in [0.2, 0.25) is 5.02 Å². The number of aromatic hydroxyl groups is 1. The van der Waals surface area contributed by atoms with Gasteiger partial charge in [0.15, 0.2) is 5.76 Å². The van der Waals surface area contributed by atoms with E-state index in [1.54, 1.807) is 47.8 Å². The molecule has 4 rings (SSSR count). The Morgan fingerprint density at radius 2 is 1.79 bits per heavy atom. The summed E-state index contributed by atoms with van der Waals surface area (Å²) in [5, 5.41) is 22.2. The summed E-state index contributed by atoms with van der Waals surface area (Å²) in [7, 11) is 0. The molecule has 1 aliphatic rings. The predicted molar refractivity (Wildman–Crippen MR) is 108 cm³/mol. The zero-order valence-electron chi connectivity index (χ0n) is 14.4. The van der Waals surface area contributed by atoms with E-state index in [0.29, 0.717) is 16.1 Å². The van der Waals surface area contributed by atoms with Crippen molar-refractivity contribution in [3.63, 3.8) is 0 Å². The number of Topliss-reactive ketones (excluding diaryl/α,β-unsaturated/α-hetero) is 1. The van der Waals surface area contributed by atoms with Gasteiger partial charge in [0.25, 0.3) is 5.91 Å². The molecular formula is C21H14ClNO4S. The molecule has 5 nitrogen and oxygen atoms in total. The number of halogens is 1. The van der Waals surface area contributed by atoms with Gasteiger partial charge in [-0.05, 0) is 41.3 Å². The van der Waals surface area contributed by atoms with Crippen molar-refractivity contribution in [2.75, 3.05) is 4.90 Å². The molecule has 0 aliphatic carbocycles. The highest BCUT2D eigenvalue weighted by Gasteiger charge is 2.44. The first-order valence-electron chi connectivity index (χ1n) is 8.37. The maximum atomic E-state index is 13.1. The standard InChI is InChI=1S/C21H14ClNO4S/c22-14-11-12(8-9-15(14)24)18-17(19(25)16-7-4-10-28-16)20(26)21(27)23(18)13-5-2-1-3-6-13/h1-11,18,24,26H. The molecule has 1 aromatic heterocycles. The summed E-state index contributed by atoms with van der Waals surface area (Å²) in [6.07, 6.45) is 0. The van der Waals surface area contributed by atoms with E-state index in [1.165, 1.54) is 28.4 Å². The van der Waals surface area contributed by atoms with Crippen molar-refractivity contribution in [3.05, 3.63) is 92.8 Å². The molecule has 0 saturated carbocycles. The predicted octanol–water partition coefficient (Wildman–Crippen LogP) is 4.89. The quantitative estimate of drug-likeness (QED) is 0.599. The monoisotopic (exact) mass is 411 g/mol. The number of benzene rings is 2. The first-order valence-corrected chi connectivity index (χ1v) is 9.63. The van der Waals surface area contributed by atoms with E-state index in [1.807, 2.05) is 6.07 Å². The molecule has 0 saturated heterocycles. The van der Waals surface area contributed by atoms with Gasteiger partial charge in [-0.2, -0.15) is 0 Å². The Hall–Kier alpha value is -3.09. The van der Waals surface area contributed by atoms with Crippen LogP contribution in [0.5, 0.6) is 5.75 Å². The lowest BCUT2D eigenvalue weighted by Gasteiger charge is -2.27. The molecule has 1 unspecified atom stereocenters. The molecular weight excluding hydrogens is 398 g/mol. The number of nitrogens with zero attached hydrogens (tertiary/aromatic N) is 1. The highest BCUT2D eigenvalue weighted by molar-refractivity contribution is 7.12. The lowest BCUT2D eigenvalue weighted by molar-refractivity contribution is -0.117. The van der Waals surface area contributed by atoms with Gasteiger partial charge in [0.05, 0.1) is 21.5 Å². The summed E-state index contributed by atoms with van der Waals surface area (Å²) in [6.45, 7) is 0. The van der Waals surface area contributed by atoms with Crippen molar-refractivity contribution in [2.45, 2.75) is 6.04 Å². The molecule has 1 amide bonds. The number of aliphatic hydroxyl groups excluding tert-OH is 1. The second-order valence-corrected chi connectivity index (χ2v) is 7.55. The number of para-hydroxylation sites is 1. The van der Waals surface area contributed by atoms with Gasteiger partial charge in [0.1, 0.15) is 5.75 Å². The van der Waals surface area contributed by atoms with Crippen molar-refractivity contribution in [1.82, 2.24) is 0 Å². The fourth-order valence-electron chi connectivity index (χ4n) is 3.24. The number of carbonyl (C=O) groups is 2. The second kappa shape index (κ2) is 7.14. The fourth-order valence-corrected chi connectivity index (χ4v) is 4.11. The van der Waals surface area contributed by atoms with E-state index < -0.39 is 23.5 Å². The minimum atomic E-state index is -0.873. The molecule has 28 heavy (non-hydrogen) atoms. The van der Waals surface area contributed by atoms with E-state index in [0.717, 1.165) is 0 Å². The zero-order valence-corrected chi connectivity index (χ0v) is 15.9. The van der Waals surface area contributed by atoms with Gasteiger partial charge in [-0.1, -0.05) is 41.9 Å². The molecule has 2 N–H and O–H groups in total. The summed E-state index contributed by atoms with van der Waals surface area (Å²) in [4.78, 5) is 27.8. The lowest BCUT2D eigenvalue weighted by Crippen LogP contribution is -2.30. The molecule has 140 valence electrons. The smallest absolute Gasteiger partial charge is 0.294 e. The van der Waals surface area contributed by atoms with Crippen molar-refractivity contribution in [1.29, 1.82) is 0 Å². The van der Waals surface area contributed by atoms with Crippen LogP contribution in [0.1, 0.15) is 21.3 Å². The maximum Gasteiger partial charge on any atom is 0.294 e. The van der Waals surface area contributed by atoms with Gasteiger partial charge >= 0.3 is 0 Å². The zero-order chi connectivity index (χ0) is 19.8. The minimum Gasteiger partial charge on any atom is -0.506 e. The van der Waals surface area contributed by atoms with E-state index >= 15 is 0 Å². The largest absolute Gasteiger partial charge is 0.506 e. The van der Waals surface area contributed by atoms with Crippen LogP contribution in [0.3, 0.4) is 0 Å². The number of carbonyl (C=O) groups excluding carboxylic acids is 2. The Bertz CT molecular complexity index is 1090. The topological polar surface area (TPSA) is 77.8 Å². The number of amides is 1. The van der Waals surface area contributed by atoms with Crippen molar-refractivity contribution in [3.8, 4) is 5.75 Å². The Kier molecular flexibility index (Phi) is 4.66. The molecule has 2 aromatic carbocycles. The molecule has 0 spiro atoms. The van der Waals surface area contributed by atoms with Gasteiger partial charge in [-0.15, -0.1) is 11.3 Å². The SMILES string of the molecule is O=C(C1=C(O)C(=O)N(c2ccccc2)C1c1ccc(O)c(Cl)c1)c1cccs1. The molecule has 1 aliphatic heterocycles. The molecule has 0 fully saturated rings. The Labute approximate surface area is 169 Å². The number of ketones is 1. The highest BCUT2D eigenvalue weighted by atomic mass is 35.5. The van der Waals surface area contributed by atoms with Crippen LogP contribution in [0.4, 0.5) is 5.69 Å². The van der Waals surface area contributed by atoms with Crippen molar-refractivity contribution < 1.29 is 19.8 Å². The maximum absolute atomic E-state index is 13.1. The van der Waals surface area contributed by atoms with Gasteiger partial charge < -0.3 is 10.2 Å². The molecule has 3 aromatic rings. The molecule has 0 bridgehead atoms. The summed E-state index contributed by atoms with van der Waals surface area (Å²) >= 11 is 7.30. The Morgan fingerprint density at radius 1 is 1.04 bits per heavy atom. The molecule has 1 atom stereocenters. The highest BCUT2D eigenvalue weighted by Crippen LogP contribution is 2.43. The number of phenols is 1. The number of thiophene rings is 1. The van der Waals surface area contributed by atoms with E-state index in [4.69, 9.17) is 11.6 Å². The van der Waals surface area contributed by atoms with Crippen LogP contribution in [-0.2, 0) is 4.79 Å². The third kappa shape index (κ3) is 2.96. The second-order valence-electron chi connectivity index (χ2n) is 6.19. The van der Waals surface area contributed by atoms with Crippen LogP contribution in [-0.4, -0.2) is 21.9 Å². The Morgan fingerprint density at radius 3 is 2.43 bits per heavy atom. The van der Waals surface area contributed by atoms with Crippen LogP contribution < -0.4 is 4.90 Å². The lowest BCUT2D eigenvalue weighted by atomic mass is 9.95. The first-order chi connectivity index (χ1) is 13.5. The Balaban J connectivity index is 1.91. The summed E-state index contributed by atoms with van der Waals surface area (Å²) < 4.78 is 0. The van der Waals surface area contributed by atoms with E-state index in [-0.39, 0.29) is 16.3 Å². The molecule has 0 radical (unpaired) electrons. The van der Waals surface area contributed by atoms with Crippen molar-refractivity contribution >= 4 is 40.3 Å². The number of hydrogen-bond donors (Lipinski definition) is 2. The van der Waals surface area contributed by atoms with E-state index in [9.17, 15) is 19.8 Å². The molecule has 7 heteroatoms. The number of hydrogen-bond acceptors (Lipinski definition) is 5. The van der Waals surface area contributed by atoms with Crippen molar-refractivity contribution in [2.24, 2.45) is 0 Å². The van der Waals surface area contributed by atoms with Gasteiger partial charge in [0, 0.05) is 5.69 Å². The number of aliphatic hydroxyl groups is 1. The van der Waals surface area contributed by atoms with Gasteiger partial charge in [-0.3, -0.25) is 14.5 Å². The number of phenolic OH excluding ortho intramolecular Hbond substituents is 1. The summed E-state index contributed by atoms with van der Waals surface area (Å²) in [6, 6.07) is 15.7. The summed E-state index contributed by atoms with van der Waals surface area (Å²) in [5.74, 6) is -1.79. The number of rotatable bonds is 4. The normalized spacial score (nSPS) is 16.7.